The lowest BCUT2D eigenvalue weighted by Gasteiger charge is -2.47. The second kappa shape index (κ2) is 17.5. The van der Waals surface area contributed by atoms with Crippen molar-refractivity contribution in [1.82, 2.24) is 0 Å². The fourth-order valence-electron chi connectivity index (χ4n) is 17.7. The van der Waals surface area contributed by atoms with Gasteiger partial charge in [-0.2, -0.15) is 0 Å². The molecule has 0 radical (unpaired) electrons. The molecule has 386 valence electrons. The van der Waals surface area contributed by atoms with Crippen molar-refractivity contribution in [2.24, 2.45) is 10.8 Å². The van der Waals surface area contributed by atoms with Gasteiger partial charge < -0.3 is 4.90 Å². The molecule has 4 saturated carbocycles. The lowest BCUT2D eigenvalue weighted by atomic mass is 9.57. The van der Waals surface area contributed by atoms with Crippen LogP contribution in [-0.2, 0) is 21.7 Å². The first-order valence-electron chi connectivity index (χ1n) is 30.3. The smallest absolute Gasteiger partial charge is 0.0726 e. The van der Waals surface area contributed by atoms with Gasteiger partial charge in [-0.3, -0.25) is 0 Å². The van der Waals surface area contributed by atoms with E-state index in [0.29, 0.717) is 10.8 Å². The molecule has 8 aromatic rings. The van der Waals surface area contributed by atoms with Crippen LogP contribution < -0.4 is 4.90 Å². The summed E-state index contributed by atoms with van der Waals surface area (Å²) in [6, 6.07) is 69.7. The molecule has 77 heavy (non-hydrogen) atoms. The summed E-state index contributed by atoms with van der Waals surface area (Å²) in [6.45, 7) is 10.1. The van der Waals surface area contributed by atoms with Gasteiger partial charge in [-0.25, -0.2) is 0 Å². The van der Waals surface area contributed by atoms with Crippen molar-refractivity contribution in [3.05, 3.63) is 220 Å². The van der Waals surface area contributed by atoms with Crippen LogP contribution in [0.2, 0.25) is 0 Å². The van der Waals surface area contributed by atoms with Crippen molar-refractivity contribution in [2.45, 2.75) is 165 Å². The monoisotopic (exact) mass is 1000 g/mol. The van der Waals surface area contributed by atoms with Gasteiger partial charge in [0.15, 0.2) is 0 Å². The molecule has 7 aliphatic carbocycles. The van der Waals surface area contributed by atoms with E-state index >= 15 is 0 Å². The van der Waals surface area contributed by atoms with Crippen molar-refractivity contribution < 1.29 is 0 Å². The number of rotatable bonds is 6. The fraction of sp³-hybridized carbons (Fsp3) is 0.368. The van der Waals surface area contributed by atoms with Crippen LogP contribution in [0.5, 0.6) is 0 Å². The summed E-state index contributed by atoms with van der Waals surface area (Å²) in [5.41, 5.74) is 26.9. The molecule has 1 heteroatoms. The van der Waals surface area contributed by atoms with Gasteiger partial charge in [0.1, 0.15) is 0 Å². The normalized spacial score (nSPS) is 23.4. The molecule has 0 N–H and O–H groups in total. The Bertz CT molecular complexity index is 3520. The molecule has 3 spiro atoms. The van der Waals surface area contributed by atoms with E-state index < -0.39 is 5.41 Å². The average molecular weight is 1000 g/mol. The maximum atomic E-state index is 2.77. The molecule has 0 amide bonds. The van der Waals surface area contributed by atoms with Gasteiger partial charge in [0.2, 0.25) is 0 Å². The number of para-hydroxylation sites is 1. The highest BCUT2D eigenvalue weighted by Crippen LogP contribution is 2.66. The minimum Gasteiger partial charge on any atom is -0.310 e. The molecular weight excluding hydrogens is 927 g/mol. The number of fused-ring (bicyclic) bond motifs is 13. The van der Waals surface area contributed by atoms with Gasteiger partial charge in [-0.1, -0.05) is 212 Å². The average Bonchev–Trinajstić information content (AvgIpc) is 4.26. The van der Waals surface area contributed by atoms with Gasteiger partial charge in [0.05, 0.1) is 11.1 Å². The first-order chi connectivity index (χ1) is 37.5. The maximum Gasteiger partial charge on any atom is 0.0726 e. The quantitative estimate of drug-likeness (QED) is 0.160. The minimum absolute atomic E-state index is 0.138. The van der Waals surface area contributed by atoms with E-state index in [1.165, 1.54) is 211 Å². The second-order valence-corrected chi connectivity index (χ2v) is 26.9. The number of hydrogen-bond acceptors (Lipinski definition) is 1. The summed E-state index contributed by atoms with van der Waals surface area (Å²) in [6.07, 6.45) is 24.9. The summed E-state index contributed by atoms with van der Waals surface area (Å²) in [5.74, 6) is 0. The van der Waals surface area contributed by atoms with Gasteiger partial charge in [-0.05, 0) is 212 Å². The lowest BCUT2D eigenvalue weighted by molar-refractivity contribution is 0.0874. The second-order valence-electron chi connectivity index (χ2n) is 26.9. The van der Waals surface area contributed by atoms with Crippen molar-refractivity contribution in [3.8, 4) is 44.5 Å². The minimum atomic E-state index is -0.490. The zero-order chi connectivity index (χ0) is 51.8. The standard InChI is InChI=1S/C76H77N/c1-71(2)64-25-13-10-23-58(64)60-34-30-55(50-66(60)71)77(70-27-15-12-22-57(70)52-20-8-5-9-21-52)56-31-35-63-59-24-11-14-26-65(59)76(69(63)51-56)67-48-53(72(3)40-44-74(45-41-72)36-16-6-17-37-74)28-32-61(67)62-33-29-54(49-68(62)76)73(4)42-46-75(47-43-73)38-18-7-19-39-75/h5,8-15,20-35,48-51H,6-7,16-19,36-47H2,1-4H3. The third-order valence-corrected chi connectivity index (χ3v) is 22.5. The van der Waals surface area contributed by atoms with E-state index in [4.69, 9.17) is 0 Å². The Morgan fingerprint density at radius 1 is 0.299 bits per heavy atom. The Morgan fingerprint density at radius 2 is 0.701 bits per heavy atom. The molecule has 0 heterocycles. The van der Waals surface area contributed by atoms with Gasteiger partial charge >= 0.3 is 0 Å². The molecule has 0 atom stereocenters. The van der Waals surface area contributed by atoms with E-state index in [0.717, 1.165) is 0 Å². The van der Waals surface area contributed by atoms with Gasteiger partial charge in [0.25, 0.3) is 0 Å². The number of anilines is 3. The predicted octanol–water partition coefficient (Wildman–Crippen LogP) is 21.0. The first-order valence-corrected chi connectivity index (χ1v) is 30.3. The van der Waals surface area contributed by atoms with Crippen LogP contribution in [0.3, 0.4) is 0 Å². The molecule has 0 saturated heterocycles. The van der Waals surface area contributed by atoms with Crippen molar-refractivity contribution in [3.63, 3.8) is 0 Å². The zero-order valence-corrected chi connectivity index (χ0v) is 46.4. The topological polar surface area (TPSA) is 3.24 Å². The van der Waals surface area contributed by atoms with Crippen molar-refractivity contribution in [1.29, 1.82) is 0 Å². The molecule has 8 aromatic carbocycles. The van der Waals surface area contributed by atoms with E-state index in [1.807, 2.05) is 0 Å². The highest BCUT2D eigenvalue weighted by Gasteiger charge is 2.54. The van der Waals surface area contributed by atoms with Crippen LogP contribution in [0.1, 0.15) is 188 Å². The van der Waals surface area contributed by atoms with Crippen LogP contribution in [0.25, 0.3) is 44.5 Å². The summed E-state index contributed by atoms with van der Waals surface area (Å²) in [4.78, 5) is 2.61. The van der Waals surface area contributed by atoms with Crippen LogP contribution in [0.4, 0.5) is 17.1 Å². The molecule has 0 aliphatic heterocycles. The number of benzene rings is 8. The Balaban J connectivity index is 0.948. The van der Waals surface area contributed by atoms with E-state index in [-0.39, 0.29) is 16.2 Å². The molecule has 0 unspecified atom stereocenters. The van der Waals surface area contributed by atoms with E-state index in [9.17, 15) is 0 Å². The SMILES string of the molecule is CC1(c2ccc3c(c2)C2(c4ccccc4-c4ccc(N(c5ccc6c(c5)C(C)(C)c5ccccc5-6)c5ccccc5-c5ccccc5)cc42)c2cc(C4(C)CCC5(CCCCC5)CC4)ccc2-3)CCC2(CCCCC2)CC1. The Hall–Kier alpha value is -6.44. The zero-order valence-electron chi connectivity index (χ0n) is 46.4. The Kier molecular flexibility index (Phi) is 10.9. The van der Waals surface area contributed by atoms with Crippen molar-refractivity contribution in [2.75, 3.05) is 4.90 Å². The summed E-state index contributed by atoms with van der Waals surface area (Å²) in [7, 11) is 0. The third kappa shape index (κ3) is 7.16. The molecule has 7 aliphatic rings. The highest BCUT2D eigenvalue weighted by molar-refractivity contribution is 5.98. The van der Waals surface area contributed by atoms with Crippen LogP contribution in [0, 0.1) is 10.8 Å². The van der Waals surface area contributed by atoms with E-state index in [2.05, 4.69) is 209 Å². The summed E-state index contributed by atoms with van der Waals surface area (Å²) < 4.78 is 0. The molecule has 0 bridgehead atoms. The van der Waals surface area contributed by atoms with Crippen LogP contribution >= 0.6 is 0 Å². The Morgan fingerprint density at radius 3 is 1.25 bits per heavy atom. The highest BCUT2D eigenvalue weighted by atomic mass is 15.1. The lowest BCUT2D eigenvalue weighted by Crippen LogP contribution is -2.37. The number of nitrogens with zero attached hydrogens (tertiary/aromatic N) is 1. The largest absolute Gasteiger partial charge is 0.310 e. The number of hydrogen-bond donors (Lipinski definition) is 0. The van der Waals surface area contributed by atoms with E-state index in [1.54, 1.807) is 11.1 Å². The molecular formula is C76H77N. The predicted molar refractivity (Wildman–Crippen MR) is 323 cm³/mol. The van der Waals surface area contributed by atoms with Crippen molar-refractivity contribution >= 4 is 17.1 Å². The molecule has 0 aromatic heterocycles. The molecule has 4 fully saturated rings. The molecule has 15 rings (SSSR count). The maximum absolute atomic E-state index is 2.77. The Labute approximate surface area is 460 Å². The summed E-state index contributed by atoms with van der Waals surface area (Å²) in [5, 5.41) is 0. The third-order valence-electron chi connectivity index (χ3n) is 22.5. The summed E-state index contributed by atoms with van der Waals surface area (Å²) >= 11 is 0. The van der Waals surface area contributed by atoms with Gasteiger partial charge in [0, 0.05) is 22.4 Å². The fourth-order valence-corrected chi connectivity index (χ4v) is 17.7. The molecule has 1 nitrogen and oxygen atoms in total. The van der Waals surface area contributed by atoms with Crippen LogP contribution in [0.15, 0.2) is 176 Å². The van der Waals surface area contributed by atoms with Crippen LogP contribution in [-0.4, -0.2) is 0 Å². The van der Waals surface area contributed by atoms with Gasteiger partial charge in [-0.15, -0.1) is 0 Å². The first kappa shape index (κ1) is 47.7.